The first-order valence-electron chi connectivity index (χ1n) is 8.07. The van der Waals surface area contributed by atoms with Gasteiger partial charge in [-0.15, -0.1) is 10.2 Å². The highest BCUT2D eigenvalue weighted by atomic mass is 32.2. The van der Waals surface area contributed by atoms with Crippen LogP contribution >= 0.6 is 23.1 Å². The Morgan fingerprint density at radius 1 is 1.24 bits per heavy atom. The summed E-state index contributed by atoms with van der Waals surface area (Å²) in [5, 5.41) is 10.2. The van der Waals surface area contributed by atoms with Crippen LogP contribution in [0.1, 0.15) is 13.3 Å². The second-order valence-corrected chi connectivity index (χ2v) is 9.21. The first-order chi connectivity index (χ1) is 13.7. The van der Waals surface area contributed by atoms with Gasteiger partial charge in [-0.05, 0) is 25.1 Å². The molecule has 1 amide bonds. The number of sulfonamides is 1. The lowest BCUT2D eigenvalue weighted by molar-refractivity contribution is -0.139. The van der Waals surface area contributed by atoms with Gasteiger partial charge in [0.25, 0.3) is 0 Å². The number of nitrogens with zero attached hydrogens (tertiary/aromatic N) is 2. The van der Waals surface area contributed by atoms with E-state index in [0.29, 0.717) is 16.5 Å². The Morgan fingerprint density at radius 2 is 2.00 bits per heavy atom. The fraction of sp³-hybridized carbons (Fsp3) is 0.333. The molecule has 158 valence electrons. The van der Waals surface area contributed by atoms with Gasteiger partial charge in [0.15, 0.2) is 16.0 Å². The van der Waals surface area contributed by atoms with Crippen molar-refractivity contribution in [2.24, 2.45) is 0 Å². The van der Waals surface area contributed by atoms with Crippen LogP contribution in [0.4, 0.5) is 13.9 Å². The monoisotopic (exact) mass is 466 g/mol. The molecule has 0 aliphatic rings. The predicted molar refractivity (Wildman–Crippen MR) is 102 cm³/mol. The third-order valence-electron chi connectivity index (χ3n) is 3.12. The zero-order valence-corrected chi connectivity index (χ0v) is 17.4. The standard InChI is InChI=1S/C15H16F2N4O5S3/c1-2-26-13(23)8-27-15-21-20-14(28-15)19-12(22)5-6-18-29(24,25)9-3-4-10(16)11(17)7-9/h3-4,7,18H,2,5-6,8H2,1H3,(H,19,20,22). The van der Waals surface area contributed by atoms with Gasteiger partial charge in [0, 0.05) is 13.0 Å². The van der Waals surface area contributed by atoms with Crippen LogP contribution < -0.4 is 10.0 Å². The number of hydrogen-bond acceptors (Lipinski definition) is 9. The fourth-order valence-corrected chi connectivity index (χ4v) is 4.46. The number of carbonyl (C=O) groups excluding carboxylic acids is 2. The largest absolute Gasteiger partial charge is 0.465 e. The summed E-state index contributed by atoms with van der Waals surface area (Å²) in [5.41, 5.74) is 0. The topological polar surface area (TPSA) is 127 Å². The van der Waals surface area contributed by atoms with E-state index in [1.54, 1.807) is 6.92 Å². The number of aromatic nitrogens is 2. The fourth-order valence-electron chi connectivity index (χ4n) is 1.85. The first-order valence-corrected chi connectivity index (χ1v) is 11.4. The number of ether oxygens (including phenoxy) is 1. The number of halogens is 2. The van der Waals surface area contributed by atoms with Gasteiger partial charge in [-0.2, -0.15) is 0 Å². The van der Waals surface area contributed by atoms with Crippen molar-refractivity contribution in [2.45, 2.75) is 22.6 Å². The quantitative estimate of drug-likeness (QED) is 0.308. The van der Waals surface area contributed by atoms with E-state index < -0.39 is 38.4 Å². The van der Waals surface area contributed by atoms with Crippen molar-refractivity contribution < 1.29 is 31.5 Å². The van der Waals surface area contributed by atoms with Gasteiger partial charge < -0.3 is 10.1 Å². The van der Waals surface area contributed by atoms with Crippen molar-refractivity contribution >= 4 is 50.1 Å². The van der Waals surface area contributed by atoms with Crippen molar-refractivity contribution in [1.82, 2.24) is 14.9 Å². The summed E-state index contributed by atoms with van der Waals surface area (Å²) >= 11 is 2.15. The van der Waals surface area contributed by atoms with E-state index in [-0.39, 0.29) is 30.5 Å². The summed E-state index contributed by atoms with van der Waals surface area (Å²) in [4.78, 5) is 22.7. The van der Waals surface area contributed by atoms with Crippen molar-refractivity contribution in [2.75, 3.05) is 24.2 Å². The Labute approximate surface area is 173 Å². The average molecular weight is 467 g/mol. The Balaban J connectivity index is 1.79. The number of anilines is 1. The van der Waals surface area contributed by atoms with E-state index in [1.807, 2.05) is 0 Å². The minimum atomic E-state index is -4.09. The number of nitrogens with one attached hydrogen (secondary N) is 2. The van der Waals surface area contributed by atoms with Crippen LogP contribution in [0.3, 0.4) is 0 Å². The lowest BCUT2D eigenvalue weighted by Crippen LogP contribution is -2.28. The molecule has 0 radical (unpaired) electrons. The Morgan fingerprint density at radius 3 is 2.69 bits per heavy atom. The van der Waals surface area contributed by atoms with Crippen molar-refractivity contribution in [3.05, 3.63) is 29.8 Å². The Kier molecular flexibility index (Phi) is 8.43. The van der Waals surface area contributed by atoms with Crippen molar-refractivity contribution in [3.63, 3.8) is 0 Å². The zero-order valence-electron chi connectivity index (χ0n) is 15.0. The average Bonchev–Trinajstić information content (AvgIpc) is 3.09. The minimum Gasteiger partial charge on any atom is -0.465 e. The molecule has 0 aliphatic carbocycles. The van der Waals surface area contributed by atoms with Crippen LogP contribution in [0.5, 0.6) is 0 Å². The van der Waals surface area contributed by atoms with Gasteiger partial charge in [-0.25, -0.2) is 21.9 Å². The molecule has 0 fully saturated rings. The highest BCUT2D eigenvalue weighted by Crippen LogP contribution is 2.25. The predicted octanol–water partition coefficient (Wildman–Crippen LogP) is 1.78. The van der Waals surface area contributed by atoms with Crippen LogP contribution in [0.2, 0.25) is 0 Å². The molecule has 1 heterocycles. The molecular formula is C15H16F2N4O5S3. The summed E-state index contributed by atoms with van der Waals surface area (Å²) in [7, 11) is -4.09. The van der Waals surface area contributed by atoms with Gasteiger partial charge in [-0.3, -0.25) is 9.59 Å². The molecule has 1 aromatic heterocycles. The van der Waals surface area contributed by atoms with Crippen LogP contribution in [0.15, 0.2) is 27.4 Å². The molecule has 0 saturated heterocycles. The molecule has 9 nitrogen and oxygen atoms in total. The van der Waals surface area contributed by atoms with Crippen molar-refractivity contribution in [1.29, 1.82) is 0 Å². The molecule has 1 aromatic carbocycles. The van der Waals surface area contributed by atoms with E-state index >= 15 is 0 Å². The summed E-state index contributed by atoms with van der Waals surface area (Å²) in [6.07, 6.45) is -0.228. The van der Waals surface area contributed by atoms with Crippen LogP contribution in [-0.4, -0.2) is 49.4 Å². The summed E-state index contributed by atoms with van der Waals surface area (Å²) in [6.45, 7) is 1.70. The molecule has 0 unspecified atom stereocenters. The molecule has 0 bridgehead atoms. The van der Waals surface area contributed by atoms with E-state index in [9.17, 15) is 26.8 Å². The number of benzene rings is 1. The molecule has 14 heteroatoms. The highest BCUT2D eigenvalue weighted by Gasteiger charge is 2.17. The molecule has 0 spiro atoms. The van der Waals surface area contributed by atoms with E-state index in [4.69, 9.17) is 4.74 Å². The number of amides is 1. The Hall–Kier alpha value is -2.16. The molecule has 0 atom stereocenters. The normalized spacial score (nSPS) is 11.3. The van der Waals surface area contributed by atoms with Crippen LogP contribution in [0.25, 0.3) is 0 Å². The second-order valence-electron chi connectivity index (χ2n) is 5.24. The number of hydrogen-bond donors (Lipinski definition) is 2. The van der Waals surface area contributed by atoms with Gasteiger partial charge >= 0.3 is 5.97 Å². The third kappa shape index (κ3) is 7.30. The van der Waals surface area contributed by atoms with Crippen LogP contribution in [-0.2, 0) is 24.3 Å². The molecule has 0 saturated carbocycles. The van der Waals surface area contributed by atoms with Crippen molar-refractivity contribution in [3.8, 4) is 0 Å². The molecule has 2 rings (SSSR count). The maximum absolute atomic E-state index is 13.2. The van der Waals surface area contributed by atoms with E-state index in [1.165, 1.54) is 0 Å². The Bertz CT molecular complexity index is 984. The molecule has 2 N–H and O–H groups in total. The van der Waals surface area contributed by atoms with Gasteiger partial charge in [0.1, 0.15) is 0 Å². The minimum absolute atomic E-state index is 0.0577. The summed E-state index contributed by atoms with van der Waals surface area (Å²) < 4.78 is 57.5. The SMILES string of the molecule is CCOC(=O)CSc1nnc(NC(=O)CCNS(=O)(=O)c2ccc(F)c(F)c2)s1. The summed E-state index contributed by atoms with van der Waals surface area (Å²) in [6, 6.07) is 2.16. The first kappa shape index (κ1) is 23.1. The van der Waals surface area contributed by atoms with Crippen LogP contribution in [0, 0.1) is 11.6 Å². The van der Waals surface area contributed by atoms with Gasteiger partial charge in [0.2, 0.25) is 21.1 Å². The number of carbonyl (C=O) groups is 2. The smallest absolute Gasteiger partial charge is 0.316 e. The molecule has 29 heavy (non-hydrogen) atoms. The zero-order chi connectivity index (χ0) is 21.4. The molecular weight excluding hydrogens is 450 g/mol. The third-order valence-corrected chi connectivity index (χ3v) is 6.52. The number of thioether (sulfide) groups is 1. The number of esters is 1. The van der Waals surface area contributed by atoms with Gasteiger partial charge in [0.05, 0.1) is 17.3 Å². The maximum Gasteiger partial charge on any atom is 0.316 e. The van der Waals surface area contributed by atoms with Gasteiger partial charge in [-0.1, -0.05) is 23.1 Å². The van der Waals surface area contributed by atoms with E-state index in [2.05, 4.69) is 20.2 Å². The maximum atomic E-state index is 13.2. The molecule has 0 aliphatic heterocycles. The van der Waals surface area contributed by atoms with E-state index in [0.717, 1.165) is 29.2 Å². The highest BCUT2D eigenvalue weighted by molar-refractivity contribution is 8.01. The lowest BCUT2D eigenvalue weighted by Gasteiger charge is -2.07. The second kappa shape index (κ2) is 10.6. The summed E-state index contributed by atoms with van der Waals surface area (Å²) in [5.74, 6) is -3.33. The molecule has 2 aromatic rings. The lowest BCUT2D eigenvalue weighted by atomic mass is 10.3. The number of rotatable bonds is 10.